The Balaban J connectivity index is 1.93. The largest absolute Gasteiger partial charge is 0.497 e. The first-order valence-corrected chi connectivity index (χ1v) is 9.01. The number of nitrogens with one attached hydrogen (secondary N) is 1. The van der Waals surface area contributed by atoms with Crippen LogP contribution in [-0.2, 0) is 9.53 Å². The number of hydrogen-bond donors (Lipinski definition) is 1. The summed E-state index contributed by atoms with van der Waals surface area (Å²) in [6.07, 6.45) is -0.0565. The molecule has 1 atom stereocenters. The highest BCUT2D eigenvalue weighted by atomic mass is 35.5. The molecule has 3 rings (SSSR count). The molecule has 0 saturated heterocycles. The normalized spacial score (nSPS) is 11.9. The maximum Gasteiger partial charge on any atom is 0.307 e. The first-order valence-electron chi connectivity index (χ1n) is 8.63. The average Bonchev–Trinajstić information content (AvgIpc) is 3.03. The number of hydrogen-bond acceptors (Lipinski definition) is 5. The van der Waals surface area contributed by atoms with Crippen molar-refractivity contribution >= 4 is 34.4 Å². The minimum atomic E-state index is -0.657. The van der Waals surface area contributed by atoms with Crippen molar-refractivity contribution in [1.29, 1.82) is 0 Å². The molecule has 3 aromatic rings. The summed E-state index contributed by atoms with van der Waals surface area (Å²) in [5, 5.41) is 4.07. The van der Waals surface area contributed by atoms with Crippen molar-refractivity contribution in [2.75, 3.05) is 14.2 Å². The third kappa shape index (κ3) is 3.97. The van der Waals surface area contributed by atoms with Gasteiger partial charge in [-0.25, -0.2) is 0 Å². The van der Waals surface area contributed by atoms with Gasteiger partial charge in [0.25, 0.3) is 5.91 Å². The first-order chi connectivity index (χ1) is 13.4. The molecule has 0 saturated carbocycles. The van der Waals surface area contributed by atoms with Crippen molar-refractivity contribution in [1.82, 2.24) is 5.32 Å². The fourth-order valence-electron chi connectivity index (χ4n) is 3.01. The highest BCUT2D eigenvalue weighted by Gasteiger charge is 2.25. The molecule has 0 bridgehead atoms. The summed E-state index contributed by atoms with van der Waals surface area (Å²) < 4.78 is 15.7. The van der Waals surface area contributed by atoms with Crippen LogP contribution in [-0.4, -0.2) is 26.1 Å². The number of carbonyl (C=O) groups is 2. The first kappa shape index (κ1) is 19.8. The zero-order valence-electron chi connectivity index (χ0n) is 15.7. The number of ether oxygens (including phenoxy) is 2. The van der Waals surface area contributed by atoms with E-state index in [9.17, 15) is 9.59 Å². The van der Waals surface area contributed by atoms with Crippen LogP contribution in [0.15, 0.2) is 46.9 Å². The van der Waals surface area contributed by atoms with Crippen molar-refractivity contribution in [3.8, 4) is 5.75 Å². The third-order valence-electron chi connectivity index (χ3n) is 4.53. The van der Waals surface area contributed by atoms with E-state index in [2.05, 4.69) is 5.32 Å². The predicted molar refractivity (Wildman–Crippen MR) is 106 cm³/mol. The Morgan fingerprint density at radius 1 is 1.18 bits per heavy atom. The standard InChI is InChI=1S/C21H20ClNO5/c1-12-15-10-13(26-2)8-9-18(15)28-20(12)21(25)23-17(11-19(24)27-3)14-6-4-5-7-16(14)22/h4-10,17H,11H2,1-3H3,(H,23,25). The van der Waals surface area contributed by atoms with Crippen molar-refractivity contribution in [2.45, 2.75) is 19.4 Å². The molecule has 1 heterocycles. The van der Waals surface area contributed by atoms with Gasteiger partial charge in [-0.2, -0.15) is 0 Å². The highest BCUT2D eigenvalue weighted by molar-refractivity contribution is 6.31. The van der Waals surface area contributed by atoms with E-state index in [1.54, 1.807) is 50.4 Å². The number of amides is 1. The van der Waals surface area contributed by atoms with Gasteiger partial charge >= 0.3 is 5.97 Å². The molecule has 146 valence electrons. The molecule has 0 spiro atoms. The molecule has 6 nitrogen and oxygen atoms in total. The molecule has 0 radical (unpaired) electrons. The van der Waals surface area contributed by atoms with Crippen LogP contribution in [0, 0.1) is 6.92 Å². The topological polar surface area (TPSA) is 77.8 Å². The van der Waals surface area contributed by atoms with E-state index in [0.717, 1.165) is 5.39 Å². The zero-order valence-corrected chi connectivity index (χ0v) is 16.5. The van der Waals surface area contributed by atoms with Crippen LogP contribution in [0.2, 0.25) is 5.02 Å². The van der Waals surface area contributed by atoms with Crippen LogP contribution in [0.25, 0.3) is 11.0 Å². The lowest BCUT2D eigenvalue weighted by atomic mass is 10.0. The molecule has 28 heavy (non-hydrogen) atoms. The fraction of sp³-hybridized carbons (Fsp3) is 0.238. The molecule has 1 unspecified atom stereocenters. The number of carbonyl (C=O) groups excluding carboxylic acids is 2. The number of halogens is 1. The second kappa shape index (κ2) is 8.35. The second-order valence-electron chi connectivity index (χ2n) is 6.25. The fourth-order valence-corrected chi connectivity index (χ4v) is 3.28. The van der Waals surface area contributed by atoms with E-state index in [0.29, 0.717) is 27.5 Å². The zero-order chi connectivity index (χ0) is 20.3. The van der Waals surface area contributed by atoms with Gasteiger partial charge in [-0.3, -0.25) is 9.59 Å². The van der Waals surface area contributed by atoms with E-state index in [1.165, 1.54) is 7.11 Å². The Bertz CT molecular complexity index is 1030. The molecular formula is C21H20ClNO5. The summed E-state index contributed by atoms with van der Waals surface area (Å²) in [4.78, 5) is 24.8. The predicted octanol–water partition coefficient (Wildman–Crippen LogP) is 4.44. The van der Waals surface area contributed by atoms with E-state index in [4.69, 9.17) is 25.5 Å². The molecule has 2 aromatic carbocycles. The molecule has 1 amide bonds. The summed E-state index contributed by atoms with van der Waals surface area (Å²) in [5.41, 5.74) is 1.88. The third-order valence-corrected chi connectivity index (χ3v) is 4.88. The van der Waals surface area contributed by atoms with E-state index >= 15 is 0 Å². The summed E-state index contributed by atoms with van der Waals surface area (Å²) in [6.45, 7) is 1.80. The van der Waals surface area contributed by atoms with E-state index < -0.39 is 17.9 Å². The maximum atomic E-state index is 12.9. The lowest BCUT2D eigenvalue weighted by molar-refractivity contribution is -0.141. The second-order valence-corrected chi connectivity index (χ2v) is 6.65. The van der Waals surface area contributed by atoms with Crippen LogP contribution in [0.4, 0.5) is 0 Å². The Morgan fingerprint density at radius 2 is 1.93 bits per heavy atom. The van der Waals surface area contributed by atoms with Crippen LogP contribution in [0.5, 0.6) is 5.75 Å². The monoisotopic (exact) mass is 401 g/mol. The number of rotatable bonds is 6. The lowest BCUT2D eigenvalue weighted by Crippen LogP contribution is -2.30. The van der Waals surface area contributed by atoms with Crippen LogP contribution >= 0.6 is 11.6 Å². The Hall–Kier alpha value is -2.99. The van der Waals surface area contributed by atoms with Crippen LogP contribution < -0.4 is 10.1 Å². The van der Waals surface area contributed by atoms with Crippen LogP contribution in [0.3, 0.4) is 0 Å². The van der Waals surface area contributed by atoms with Gasteiger partial charge in [0.1, 0.15) is 11.3 Å². The van der Waals surface area contributed by atoms with Gasteiger partial charge in [0.2, 0.25) is 0 Å². The van der Waals surface area contributed by atoms with E-state index in [1.807, 2.05) is 6.07 Å². The maximum absolute atomic E-state index is 12.9. The quantitative estimate of drug-likeness (QED) is 0.618. The number of esters is 1. The lowest BCUT2D eigenvalue weighted by Gasteiger charge is -2.19. The van der Waals surface area contributed by atoms with Gasteiger partial charge in [0, 0.05) is 16.0 Å². The number of aryl methyl sites for hydroxylation is 1. The van der Waals surface area contributed by atoms with Gasteiger partial charge in [-0.15, -0.1) is 0 Å². The van der Waals surface area contributed by atoms with Crippen molar-refractivity contribution < 1.29 is 23.5 Å². The molecule has 0 aliphatic carbocycles. The number of fused-ring (bicyclic) bond motifs is 1. The summed E-state index contributed by atoms with van der Waals surface area (Å²) >= 11 is 6.26. The van der Waals surface area contributed by atoms with Gasteiger partial charge in [0.05, 0.1) is 26.7 Å². The molecule has 0 aliphatic heterocycles. The number of benzene rings is 2. The SMILES string of the molecule is COC(=O)CC(NC(=O)c1oc2ccc(OC)cc2c1C)c1ccccc1Cl. The smallest absolute Gasteiger partial charge is 0.307 e. The summed E-state index contributed by atoms with van der Waals surface area (Å²) in [7, 11) is 2.87. The number of methoxy groups -OCH3 is 2. The Labute approximate surface area is 167 Å². The minimum Gasteiger partial charge on any atom is -0.497 e. The van der Waals surface area contributed by atoms with Gasteiger partial charge < -0.3 is 19.2 Å². The van der Waals surface area contributed by atoms with Gasteiger partial charge in [-0.05, 0) is 36.8 Å². The molecule has 1 N–H and O–H groups in total. The average molecular weight is 402 g/mol. The molecule has 1 aromatic heterocycles. The van der Waals surface area contributed by atoms with E-state index in [-0.39, 0.29) is 12.2 Å². The number of furan rings is 1. The minimum absolute atomic E-state index is 0.0565. The van der Waals surface area contributed by atoms with Crippen molar-refractivity contribution in [3.05, 3.63) is 64.4 Å². The molecule has 0 fully saturated rings. The Morgan fingerprint density at radius 3 is 2.61 bits per heavy atom. The van der Waals surface area contributed by atoms with Crippen molar-refractivity contribution in [3.63, 3.8) is 0 Å². The molecule has 7 heteroatoms. The molecular weight excluding hydrogens is 382 g/mol. The van der Waals surface area contributed by atoms with Gasteiger partial charge in [-0.1, -0.05) is 29.8 Å². The summed E-state index contributed by atoms with van der Waals surface area (Å²) in [5.74, 6) is -0.0639. The molecule has 0 aliphatic rings. The van der Waals surface area contributed by atoms with Crippen molar-refractivity contribution in [2.24, 2.45) is 0 Å². The van der Waals surface area contributed by atoms with Gasteiger partial charge in [0.15, 0.2) is 5.76 Å². The Kier molecular flexibility index (Phi) is 5.90. The highest BCUT2D eigenvalue weighted by Crippen LogP contribution is 2.30. The van der Waals surface area contributed by atoms with Crippen LogP contribution in [0.1, 0.15) is 34.1 Å². The summed E-state index contributed by atoms with van der Waals surface area (Å²) in [6, 6.07) is 11.7.